The molecule has 0 aromatic heterocycles. The monoisotopic (exact) mass is 508 g/mol. The Morgan fingerprint density at radius 3 is 2.48 bits per heavy atom. The van der Waals surface area contributed by atoms with E-state index in [1.807, 2.05) is 24.3 Å². The Morgan fingerprint density at radius 1 is 1.15 bits per heavy atom. The van der Waals surface area contributed by atoms with Gasteiger partial charge in [-0.05, 0) is 55.2 Å². The zero-order valence-corrected chi connectivity index (χ0v) is 21.3. The van der Waals surface area contributed by atoms with Gasteiger partial charge in [0.15, 0.2) is 0 Å². The number of amides is 2. The van der Waals surface area contributed by atoms with Crippen LogP contribution in [-0.4, -0.2) is 41.7 Å². The molecule has 0 saturated heterocycles. The largest absolute Gasteiger partial charge is 0.497 e. The second-order valence-corrected chi connectivity index (χ2v) is 10.0. The molecule has 1 aliphatic carbocycles. The van der Waals surface area contributed by atoms with Gasteiger partial charge in [0.2, 0.25) is 11.8 Å². The molecule has 1 N–H and O–H groups in total. The molecule has 8 heteroatoms. The van der Waals surface area contributed by atoms with E-state index in [9.17, 15) is 9.59 Å². The molecule has 0 spiro atoms. The van der Waals surface area contributed by atoms with Gasteiger partial charge in [0.05, 0.1) is 12.9 Å². The zero-order chi connectivity index (χ0) is 23.8. The van der Waals surface area contributed by atoms with E-state index in [0.29, 0.717) is 28.1 Å². The fraction of sp³-hybridized carbons (Fsp3) is 0.440. The normalized spacial score (nSPS) is 14.7. The van der Waals surface area contributed by atoms with E-state index >= 15 is 0 Å². The highest BCUT2D eigenvalue weighted by molar-refractivity contribution is 7.99. The molecule has 1 saturated carbocycles. The van der Waals surface area contributed by atoms with Gasteiger partial charge >= 0.3 is 0 Å². The highest BCUT2D eigenvalue weighted by Gasteiger charge is 2.28. The quantitative estimate of drug-likeness (QED) is 0.446. The van der Waals surface area contributed by atoms with Gasteiger partial charge in [-0.15, -0.1) is 11.8 Å². The number of hydrogen-bond donors (Lipinski definition) is 1. The lowest BCUT2D eigenvalue weighted by Gasteiger charge is -2.30. The first-order valence-electron chi connectivity index (χ1n) is 11.1. The summed E-state index contributed by atoms with van der Waals surface area (Å²) in [5.74, 6) is 1.22. The Morgan fingerprint density at radius 2 is 1.82 bits per heavy atom. The predicted molar refractivity (Wildman–Crippen MR) is 136 cm³/mol. The average Bonchev–Trinajstić information content (AvgIpc) is 3.32. The first-order valence-corrected chi connectivity index (χ1v) is 13.0. The summed E-state index contributed by atoms with van der Waals surface area (Å²) in [4.78, 5) is 27.9. The van der Waals surface area contributed by atoms with Crippen LogP contribution in [0.3, 0.4) is 0 Å². The number of hydrogen-bond acceptors (Lipinski definition) is 4. The van der Waals surface area contributed by atoms with Crippen LogP contribution in [0.2, 0.25) is 10.0 Å². The van der Waals surface area contributed by atoms with Gasteiger partial charge in [-0.2, -0.15) is 0 Å². The standard InChI is InChI=1S/C25H30Cl2N2O3S/c1-17(25(31)28-19-8-3-4-9-19)29(14-18-7-5-10-20(13-18)32-2)24(30)16-33-15-21-22(26)11-6-12-23(21)27/h5-7,10-13,17,19H,3-4,8-9,14-16H2,1-2H3,(H,28,31)/t17-/m0/s1. The molecule has 0 radical (unpaired) electrons. The highest BCUT2D eigenvalue weighted by atomic mass is 35.5. The Labute approximate surface area is 210 Å². The summed E-state index contributed by atoms with van der Waals surface area (Å²) in [6.45, 7) is 2.11. The number of nitrogens with one attached hydrogen (secondary N) is 1. The number of nitrogens with zero attached hydrogens (tertiary/aromatic N) is 1. The lowest BCUT2D eigenvalue weighted by Crippen LogP contribution is -2.50. The molecule has 2 amide bonds. The maximum Gasteiger partial charge on any atom is 0.242 e. The van der Waals surface area contributed by atoms with Crippen LogP contribution in [0.25, 0.3) is 0 Å². The number of halogens is 2. The average molecular weight is 509 g/mol. The summed E-state index contributed by atoms with van der Waals surface area (Å²) >= 11 is 14.0. The zero-order valence-electron chi connectivity index (χ0n) is 19.0. The molecule has 1 aliphatic rings. The molecule has 178 valence electrons. The minimum absolute atomic E-state index is 0.111. The van der Waals surface area contributed by atoms with E-state index in [1.165, 1.54) is 11.8 Å². The summed E-state index contributed by atoms with van der Waals surface area (Å²) in [7, 11) is 1.61. The summed E-state index contributed by atoms with van der Waals surface area (Å²) in [5, 5.41) is 4.29. The van der Waals surface area contributed by atoms with E-state index in [1.54, 1.807) is 37.1 Å². The third-order valence-corrected chi connectivity index (χ3v) is 7.54. The van der Waals surface area contributed by atoms with Crippen molar-refractivity contribution >= 4 is 46.8 Å². The molecule has 3 rings (SSSR count). The highest BCUT2D eigenvalue weighted by Crippen LogP contribution is 2.28. The number of carbonyl (C=O) groups excluding carboxylic acids is 2. The van der Waals surface area contributed by atoms with Crippen molar-refractivity contribution in [1.29, 1.82) is 0 Å². The van der Waals surface area contributed by atoms with E-state index in [4.69, 9.17) is 27.9 Å². The van der Waals surface area contributed by atoms with Crippen molar-refractivity contribution in [3.63, 3.8) is 0 Å². The van der Waals surface area contributed by atoms with Crippen molar-refractivity contribution in [3.8, 4) is 5.75 Å². The molecule has 1 fully saturated rings. The Hall–Kier alpha value is -1.89. The number of ether oxygens (including phenoxy) is 1. The fourth-order valence-electron chi connectivity index (χ4n) is 3.94. The molecular formula is C25H30Cl2N2O3S. The predicted octanol–water partition coefficient (Wildman–Crippen LogP) is 5.71. The molecule has 33 heavy (non-hydrogen) atoms. The van der Waals surface area contributed by atoms with Crippen molar-refractivity contribution in [2.45, 2.75) is 57.0 Å². The SMILES string of the molecule is COc1cccc(CN(C(=O)CSCc2c(Cl)cccc2Cl)[C@@H](C)C(=O)NC2CCCC2)c1. The topological polar surface area (TPSA) is 58.6 Å². The summed E-state index contributed by atoms with van der Waals surface area (Å²) in [6.07, 6.45) is 4.26. The van der Waals surface area contributed by atoms with Crippen LogP contribution >= 0.6 is 35.0 Å². The van der Waals surface area contributed by atoms with E-state index in [2.05, 4.69) is 5.32 Å². The third kappa shape index (κ3) is 7.29. The molecule has 0 heterocycles. The van der Waals surface area contributed by atoms with Crippen LogP contribution in [0.5, 0.6) is 5.75 Å². The number of thioether (sulfide) groups is 1. The van der Waals surface area contributed by atoms with Crippen molar-refractivity contribution in [3.05, 3.63) is 63.6 Å². The van der Waals surface area contributed by atoms with Crippen molar-refractivity contribution in [1.82, 2.24) is 10.2 Å². The van der Waals surface area contributed by atoms with Crippen molar-refractivity contribution in [2.24, 2.45) is 0 Å². The van der Waals surface area contributed by atoms with E-state index in [-0.39, 0.29) is 23.6 Å². The number of benzene rings is 2. The molecule has 0 aliphatic heterocycles. The van der Waals surface area contributed by atoms with Crippen LogP contribution < -0.4 is 10.1 Å². The second-order valence-electron chi connectivity index (χ2n) is 8.23. The maximum absolute atomic E-state index is 13.3. The second kappa shape index (κ2) is 12.5. The minimum atomic E-state index is -0.589. The summed E-state index contributed by atoms with van der Waals surface area (Å²) < 4.78 is 5.32. The van der Waals surface area contributed by atoms with Gasteiger partial charge < -0.3 is 15.0 Å². The van der Waals surface area contributed by atoms with E-state index < -0.39 is 6.04 Å². The maximum atomic E-state index is 13.3. The lowest BCUT2D eigenvalue weighted by atomic mass is 10.1. The van der Waals surface area contributed by atoms with Crippen molar-refractivity contribution in [2.75, 3.05) is 12.9 Å². The fourth-order valence-corrected chi connectivity index (χ4v) is 5.58. The van der Waals surface area contributed by atoms with E-state index in [0.717, 1.165) is 36.8 Å². The lowest BCUT2D eigenvalue weighted by molar-refractivity contribution is -0.138. The molecule has 1 atom stereocenters. The van der Waals surface area contributed by atoms with Gasteiger partial charge in [0, 0.05) is 28.4 Å². The van der Waals surface area contributed by atoms with Gasteiger partial charge in [-0.25, -0.2) is 0 Å². The van der Waals surface area contributed by atoms with Crippen LogP contribution in [-0.2, 0) is 21.9 Å². The Bertz CT molecular complexity index is 946. The Balaban J connectivity index is 1.70. The minimum Gasteiger partial charge on any atom is -0.497 e. The number of rotatable bonds is 10. The van der Waals surface area contributed by atoms with Crippen LogP contribution in [0, 0.1) is 0 Å². The van der Waals surface area contributed by atoms with Crippen LogP contribution in [0.1, 0.15) is 43.7 Å². The van der Waals surface area contributed by atoms with Gasteiger partial charge in [0.25, 0.3) is 0 Å². The Kier molecular flexibility index (Phi) is 9.78. The molecule has 2 aromatic rings. The van der Waals surface area contributed by atoms with Crippen molar-refractivity contribution < 1.29 is 14.3 Å². The smallest absolute Gasteiger partial charge is 0.242 e. The van der Waals surface area contributed by atoms with Gasteiger partial charge in [-0.1, -0.05) is 54.2 Å². The molecule has 2 aromatic carbocycles. The van der Waals surface area contributed by atoms with Gasteiger partial charge in [0.1, 0.15) is 11.8 Å². The first kappa shape index (κ1) is 25.7. The number of methoxy groups -OCH3 is 1. The first-order chi connectivity index (χ1) is 15.9. The molecular weight excluding hydrogens is 479 g/mol. The molecule has 5 nitrogen and oxygen atoms in total. The molecule has 0 unspecified atom stereocenters. The summed E-state index contributed by atoms with van der Waals surface area (Å²) in [5.41, 5.74) is 1.72. The third-order valence-electron chi connectivity index (χ3n) is 5.89. The van der Waals surface area contributed by atoms with Crippen LogP contribution in [0.15, 0.2) is 42.5 Å². The summed E-state index contributed by atoms with van der Waals surface area (Å²) in [6, 6.07) is 12.5. The number of carbonyl (C=O) groups is 2. The van der Waals surface area contributed by atoms with Gasteiger partial charge in [-0.3, -0.25) is 9.59 Å². The van der Waals surface area contributed by atoms with Crippen LogP contribution in [0.4, 0.5) is 0 Å². The molecule has 0 bridgehead atoms.